The van der Waals surface area contributed by atoms with Crippen LogP contribution in [0.5, 0.6) is 0 Å². The number of aryl methyl sites for hydroxylation is 2. The number of hydrogen-bond donors (Lipinski definition) is 1. The summed E-state index contributed by atoms with van der Waals surface area (Å²) >= 11 is 0.562. The van der Waals surface area contributed by atoms with Gasteiger partial charge < -0.3 is 19.7 Å². The zero-order valence-corrected chi connectivity index (χ0v) is 22.1. The van der Waals surface area contributed by atoms with Gasteiger partial charge in [-0.15, -0.1) is 10.2 Å². The van der Waals surface area contributed by atoms with Gasteiger partial charge in [0.1, 0.15) is 5.52 Å². The first-order valence-corrected chi connectivity index (χ1v) is 12.7. The van der Waals surface area contributed by atoms with Crippen LogP contribution in [0, 0.1) is 6.92 Å². The lowest BCUT2D eigenvalue weighted by molar-refractivity contribution is -0.138. The van der Waals surface area contributed by atoms with Gasteiger partial charge in [0.15, 0.2) is 11.5 Å². The van der Waals surface area contributed by atoms with E-state index in [-0.39, 0.29) is 10.5 Å². The summed E-state index contributed by atoms with van der Waals surface area (Å²) in [6.07, 6.45) is -2.78. The maximum atomic E-state index is 12.9. The molecule has 0 atom stereocenters. The molecule has 0 unspecified atom stereocenters. The molecule has 37 heavy (non-hydrogen) atoms. The van der Waals surface area contributed by atoms with E-state index in [0.717, 1.165) is 16.8 Å². The van der Waals surface area contributed by atoms with E-state index in [4.69, 9.17) is 4.98 Å². The molecule has 5 rings (SSSR count). The van der Waals surface area contributed by atoms with Crippen LogP contribution in [0.2, 0.25) is 0 Å². The van der Waals surface area contributed by atoms with E-state index >= 15 is 0 Å². The number of aromatic nitrogens is 6. The Morgan fingerprint density at radius 2 is 1.68 bits per heavy atom. The average molecular weight is 532 g/mol. The first-order chi connectivity index (χ1) is 17.4. The molecule has 1 aromatic carbocycles. The number of anilines is 4. The highest BCUT2D eigenvalue weighted by Crippen LogP contribution is 2.35. The Bertz CT molecular complexity index is 1430. The molecule has 4 heterocycles. The van der Waals surface area contributed by atoms with Crippen molar-refractivity contribution in [3.05, 3.63) is 40.7 Å². The largest absolute Gasteiger partial charge is 0.445 e. The second-order valence-corrected chi connectivity index (χ2v) is 11.1. The number of rotatable bonds is 4. The fourth-order valence-electron chi connectivity index (χ4n) is 4.18. The standard InChI is InChI=1S/C24H28F3N9S/c1-14-6-7-15(23(2,3)4)12-16(14)29-19-17-18(28-13-34(17)5)30-21(31-19)35-8-10-36(11-9-35)22-33-32-20(37-22)24(25,26)27/h6-7,12-13H,8-11H2,1-5H3,(H,29,30,31). The Morgan fingerprint density at radius 1 is 0.973 bits per heavy atom. The van der Waals surface area contributed by atoms with Gasteiger partial charge in [-0.05, 0) is 29.5 Å². The molecule has 13 heteroatoms. The third-order valence-corrected chi connectivity index (χ3v) is 7.44. The third-order valence-electron chi connectivity index (χ3n) is 6.41. The van der Waals surface area contributed by atoms with E-state index in [1.165, 1.54) is 5.56 Å². The Balaban J connectivity index is 1.41. The molecule has 196 valence electrons. The zero-order chi connectivity index (χ0) is 26.5. The summed E-state index contributed by atoms with van der Waals surface area (Å²) in [5.41, 5.74) is 4.61. The first-order valence-electron chi connectivity index (χ1n) is 11.9. The van der Waals surface area contributed by atoms with E-state index < -0.39 is 11.2 Å². The predicted molar refractivity (Wildman–Crippen MR) is 139 cm³/mol. The molecule has 0 spiro atoms. The molecule has 1 saturated heterocycles. The van der Waals surface area contributed by atoms with E-state index in [1.54, 1.807) is 6.33 Å². The summed E-state index contributed by atoms with van der Waals surface area (Å²) in [6, 6.07) is 6.39. The Morgan fingerprint density at radius 3 is 2.32 bits per heavy atom. The van der Waals surface area contributed by atoms with E-state index in [9.17, 15) is 13.2 Å². The monoisotopic (exact) mass is 531 g/mol. The Labute approximate surface area is 216 Å². The molecule has 1 aliphatic rings. The second-order valence-electron chi connectivity index (χ2n) is 10.2. The topological polar surface area (TPSA) is 87.9 Å². The number of hydrogen-bond acceptors (Lipinski definition) is 9. The molecule has 1 aliphatic heterocycles. The summed E-state index contributed by atoms with van der Waals surface area (Å²) in [7, 11) is 1.90. The fourth-order valence-corrected chi connectivity index (χ4v) is 4.94. The van der Waals surface area contributed by atoms with Gasteiger partial charge in [0.2, 0.25) is 16.1 Å². The SMILES string of the molecule is Cc1ccc(C(C)(C)C)cc1Nc1nc(N2CCN(c3nnc(C(F)(F)F)s3)CC2)nc2ncn(C)c12. The van der Waals surface area contributed by atoms with Crippen LogP contribution in [0.4, 0.5) is 35.8 Å². The average Bonchev–Trinajstić information content (AvgIpc) is 3.47. The second kappa shape index (κ2) is 9.12. The lowest BCUT2D eigenvalue weighted by atomic mass is 9.86. The van der Waals surface area contributed by atoms with Crippen LogP contribution in [-0.2, 0) is 18.6 Å². The Kier molecular flexibility index (Phi) is 6.21. The van der Waals surface area contributed by atoms with Crippen molar-refractivity contribution < 1.29 is 13.2 Å². The quantitative estimate of drug-likeness (QED) is 0.398. The van der Waals surface area contributed by atoms with Crippen molar-refractivity contribution in [1.82, 2.24) is 29.7 Å². The molecule has 3 aromatic heterocycles. The normalized spacial score (nSPS) is 15.0. The van der Waals surface area contributed by atoms with Crippen molar-refractivity contribution in [2.24, 2.45) is 7.05 Å². The molecule has 0 radical (unpaired) electrons. The van der Waals surface area contributed by atoms with Crippen LogP contribution in [0.1, 0.15) is 36.9 Å². The lowest BCUT2D eigenvalue weighted by Crippen LogP contribution is -2.47. The molecular formula is C24H28F3N9S. The number of imidazole rings is 1. The number of nitrogens with zero attached hydrogens (tertiary/aromatic N) is 8. The van der Waals surface area contributed by atoms with Crippen molar-refractivity contribution in [3.63, 3.8) is 0 Å². The van der Waals surface area contributed by atoms with Crippen molar-refractivity contribution in [3.8, 4) is 0 Å². The van der Waals surface area contributed by atoms with Gasteiger partial charge in [0.05, 0.1) is 6.33 Å². The van der Waals surface area contributed by atoms with Gasteiger partial charge >= 0.3 is 6.18 Å². The molecule has 0 bridgehead atoms. The van der Waals surface area contributed by atoms with Crippen LogP contribution in [0.3, 0.4) is 0 Å². The summed E-state index contributed by atoms with van der Waals surface area (Å²) in [5.74, 6) is 1.17. The van der Waals surface area contributed by atoms with Crippen LogP contribution in [-0.4, -0.2) is 55.9 Å². The fraction of sp³-hybridized carbons (Fsp3) is 0.458. The highest BCUT2D eigenvalue weighted by molar-refractivity contribution is 7.15. The summed E-state index contributed by atoms with van der Waals surface area (Å²) in [6.45, 7) is 10.6. The molecule has 1 fully saturated rings. The van der Waals surface area contributed by atoms with Gasteiger partial charge in [-0.1, -0.05) is 44.2 Å². The number of benzene rings is 1. The first kappa shape index (κ1) is 25.2. The molecule has 1 N–H and O–H groups in total. The van der Waals surface area contributed by atoms with Gasteiger partial charge in [0.25, 0.3) is 0 Å². The van der Waals surface area contributed by atoms with Gasteiger partial charge in [-0.3, -0.25) is 0 Å². The molecule has 4 aromatic rings. The van der Waals surface area contributed by atoms with Crippen LogP contribution in [0.25, 0.3) is 11.2 Å². The lowest BCUT2D eigenvalue weighted by Gasteiger charge is -2.34. The zero-order valence-electron chi connectivity index (χ0n) is 21.3. The molecule has 9 nitrogen and oxygen atoms in total. The van der Waals surface area contributed by atoms with Gasteiger partial charge in [-0.25, -0.2) is 4.98 Å². The summed E-state index contributed by atoms with van der Waals surface area (Å²) < 4.78 is 40.7. The number of halogens is 3. The molecule has 0 aliphatic carbocycles. The predicted octanol–water partition coefficient (Wildman–Crippen LogP) is 4.91. The van der Waals surface area contributed by atoms with E-state index in [1.807, 2.05) is 28.3 Å². The molecular weight excluding hydrogens is 503 g/mol. The van der Waals surface area contributed by atoms with Crippen molar-refractivity contribution in [1.29, 1.82) is 0 Å². The summed E-state index contributed by atoms with van der Waals surface area (Å²) in [4.78, 5) is 17.8. The van der Waals surface area contributed by atoms with E-state index in [0.29, 0.717) is 54.9 Å². The Hall–Kier alpha value is -3.48. The maximum absolute atomic E-state index is 12.9. The highest BCUT2D eigenvalue weighted by Gasteiger charge is 2.36. The van der Waals surface area contributed by atoms with Crippen molar-refractivity contribution in [2.75, 3.05) is 41.3 Å². The van der Waals surface area contributed by atoms with Gasteiger partial charge in [-0.2, -0.15) is 23.1 Å². The van der Waals surface area contributed by atoms with Crippen LogP contribution in [0.15, 0.2) is 24.5 Å². The van der Waals surface area contributed by atoms with E-state index in [2.05, 4.69) is 64.5 Å². The third kappa shape index (κ3) is 5.04. The minimum absolute atomic E-state index is 0.00368. The number of piperazine rings is 1. The molecule has 0 saturated carbocycles. The molecule has 0 amide bonds. The van der Waals surface area contributed by atoms with Crippen LogP contribution < -0.4 is 15.1 Å². The minimum Gasteiger partial charge on any atom is -0.343 e. The smallest absolute Gasteiger partial charge is 0.343 e. The highest BCUT2D eigenvalue weighted by atomic mass is 32.1. The maximum Gasteiger partial charge on any atom is 0.445 e. The van der Waals surface area contributed by atoms with Crippen LogP contribution >= 0.6 is 11.3 Å². The minimum atomic E-state index is -4.49. The number of fused-ring (bicyclic) bond motifs is 1. The van der Waals surface area contributed by atoms with Crippen molar-refractivity contribution >= 4 is 45.1 Å². The summed E-state index contributed by atoms with van der Waals surface area (Å²) in [5, 5.41) is 9.89. The number of alkyl halides is 3. The number of nitrogens with one attached hydrogen (secondary N) is 1. The van der Waals surface area contributed by atoms with Crippen molar-refractivity contribution in [2.45, 2.75) is 39.3 Å². The van der Waals surface area contributed by atoms with Gasteiger partial charge in [0, 0.05) is 38.9 Å².